The second-order valence-electron chi connectivity index (χ2n) is 5.45. The quantitative estimate of drug-likeness (QED) is 0.306. The number of carbonyl (C=O) groups excluding carboxylic acids is 1. The summed E-state index contributed by atoms with van der Waals surface area (Å²) in [5.41, 5.74) is -1.74. The van der Waals surface area contributed by atoms with Crippen molar-refractivity contribution in [3.05, 3.63) is 73.8 Å². The van der Waals surface area contributed by atoms with Gasteiger partial charge < -0.3 is 5.32 Å². The van der Waals surface area contributed by atoms with Crippen LogP contribution in [0, 0.1) is 31.6 Å². The highest BCUT2D eigenvalue weighted by Crippen LogP contribution is 2.26. The zero-order chi connectivity index (χ0) is 21.8. The number of nitro groups is 2. The smallest absolute Gasteiger partial charge is 0.283 e. The van der Waals surface area contributed by atoms with Crippen molar-refractivity contribution in [1.82, 2.24) is 0 Å². The van der Waals surface area contributed by atoms with E-state index < -0.39 is 42.7 Å². The summed E-state index contributed by atoms with van der Waals surface area (Å²) in [5, 5.41) is 38.4. The van der Waals surface area contributed by atoms with Gasteiger partial charge in [-0.3, -0.25) is 25.0 Å². The summed E-state index contributed by atoms with van der Waals surface area (Å²) in [4.78, 5) is 32.3. The first-order valence-electron chi connectivity index (χ1n) is 7.52. The second kappa shape index (κ2) is 8.25. The van der Waals surface area contributed by atoms with Gasteiger partial charge in [-0.25, -0.2) is 13.6 Å². The van der Waals surface area contributed by atoms with Crippen LogP contribution >= 0.6 is 0 Å². The molecule has 0 aliphatic carbocycles. The predicted molar refractivity (Wildman–Crippen MR) is 99.8 cm³/mol. The van der Waals surface area contributed by atoms with Crippen LogP contribution in [0.4, 0.5) is 17.1 Å². The number of non-ortho nitro benzene ring substituents is 1. The van der Waals surface area contributed by atoms with Crippen LogP contribution < -0.4 is 10.5 Å². The van der Waals surface area contributed by atoms with E-state index in [4.69, 9.17) is 5.14 Å². The summed E-state index contributed by atoms with van der Waals surface area (Å²) in [6.45, 7) is 0. The number of primary sulfonamides is 1. The van der Waals surface area contributed by atoms with Gasteiger partial charge in [0, 0.05) is 11.8 Å². The Bertz CT molecular complexity index is 1180. The molecule has 2 aromatic rings. The van der Waals surface area contributed by atoms with Crippen molar-refractivity contribution < 1.29 is 23.1 Å². The van der Waals surface area contributed by atoms with E-state index >= 15 is 0 Å². The molecular formula is C16H11N5O7S. The van der Waals surface area contributed by atoms with Gasteiger partial charge >= 0.3 is 0 Å². The molecule has 1 amide bonds. The molecular weight excluding hydrogens is 406 g/mol. The van der Waals surface area contributed by atoms with Crippen LogP contribution in [0.1, 0.15) is 5.56 Å². The number of sulfonamides is 1. The normalized spacial score (nSPS) is 11.4. The fourth-order valence-corrected chi connectivity index (χ4v) is 2.67. The Morgan fingerprint density at radius 2 is 1.72 bits per heavy atom. The van der Waals surface area contributed by atoms with Crippen molar-refractivity contribution in [3.8, 4) is 6.07 Å². The molecule has 0 aliphatic rings. The Morgan fingerprint density at radius 1 is 1.10 bits per heavy atom. The minimum atomic E-state index is -3.92. The highest BCUT2D eigenvalue weighted by Gasteiger charge is 2.20. The fourth-order valence-electron chi connectivity index (χ4n) is 2.16. The number of nitriles is 1. The van der Waals surface area contributed by atoms with Crippen molar-refractivity contribution >= 4 is 39.1 Å². The maximum absolute atomic E-state index is 12.3. The number of carbonyl (C=O) groups is 1. The standard InChI is InChI=1S/C16H11N5O7S/c17-9-11(7-10-1-4-13(20(23)24)8-15(10)21(25)26)16(22)19-12-2-5-14(6-3-12)29(18,27)28/h1-8H,(H,19,22)(H2,18,27,28). The average Bonchev–Trinajstić information content (AvgIpc) is 2.65. The van der Waals surface area contributed by atoms with Crippen LogP contribution in [0.5, 0.6) is 0 Å². The summed E-state index contributed by atoms with van der Waals surface area (Å²) < 4.78 is 22.4. The number of benzene rings is 2. The third-order valence-electron chi connectivity index (χ3n) is 3.53. The van der Waals surface area contributed by atoms with Crippen molar-refractivity contribution in [2.45, 2.75) is 4.90 Å². The molecule has 3 N–H and O–H groups in total. The Morgan fingerprint density at radius 3 is 2.21 bits per heavy atom. The number of nitrogens with one attached hydrogen (secondary N) is 1. The van der Waals surface area contributed by atoms with Crippen LogP contribution in [0.2, 0.25) is 0 Å². The van der Waals surface area contributed by atoms with Gasteiger partial charge in [0.15, 0.2) is 0 Å². The van der Waals surface area contributed by atoms with Crippen LogP contribution in [-0.4, -0.2) is 24.2 Å². The van der Waals surface area contributed by atoms with Gasteiger partial charge in [0.05, 0.1) is 26.4 Å². The fraction of sp³-hybridized carbons (Fsp3) is 0. The van der Waals surface area contributed by atoms with E-state index in [1.807, 2.05) is 0 Å². The molecule has 0 saturated heterocycles. The molecule has 2 aromatic carbocycles. The van der Waals surface area contributed by atoms with Gasteiger partial charge in [0.2, 0.25) is 10.0 Å². The number of amides is 1. The SMILES string of the molecule is N#CC(=Cc1ccc([N+](=O)[O-])cc1[N+](=O)[O-])C(=O)Nc1ccc(S(N)(=O)=O)cc1. The first kappa shape index (κ1) is 21.2. The Hall–Kier alpha value is -4.15. The predicted octanol–water partition coefficient (Wildman–Crippen LogP) is 1.70. The summed E-state index contributed by atoms with van der Waals surface area (Å²) >= 11 is 0. The highest BCUT2D eigenvalue weighted by molar-refractivity contribution is 7.89. The molecule has 0 bridgehead atoms. The van der Waals surface area contributed by atoms with E-state index in [2.05, 4.69) is 5.32 Å². The zero-order valence-electron chi connectivity index (χ0n) is 14.3. The first-order chi connectivity index (χ1) is 13.5. The van der Waals surface area contributed by atoms with Gasteiger partial charge in [-0.15, -0.1) is 0 Å². The molecule has 0 radical (unpaired) electrons. The minimum Gasteiger partial charge on any atom is -0.321 e. The van der Waals surface area contributed by atoms with E-state index in [-0.39, 0.29) is 16.1 Å². The molecule has 0 aromatic heterocycles. The molecule has 0 atom stereocenters. The number of nitrogens with two attached hydrogens (primary N) is 1. The average molecular weight is 417 g/mol. The third kappa shape index (κ3) is 5.19. The lowest BCUT2D eigenvalue weighted by molar-refractivity contribution is -0.394. The van der Waals surface area contributed by atoms with Crippen LogP contribution in [0.15, 0.2) is 52.9 Å². The number of hydrogen-bond donors (Lipinski definition) is 2. The number of nitro benzene ring substituents is 2. The van der Waals surface area contributed by atoms with Gasteiger partial charge in [-0.05, 0) is 36.4 Å². The summed E-state index contributed by atoms with van der Waals surface area (Å²) in [6, 6.07) is 9.10. The van der Waals surface area contributed by atoms with Crippen LogP contribution in [0.3, 0.4) is 0 Å². The molecule has 0 unspecified atom stereocenters. The van der Waals surface area contributed by atoms with E-state index in [9.17, 15) is 38.7 Å². The van der Waals surface area contributed by atoms with Gasteiger partial charge in [0.1, 0.15) is 11.6 Å². The van der Waals surface area contributed by atoms with Gasteiger partial charge in [-0.2, -0.15) is 5.26 Å². The molecule has 0 aliphatic heterocycles. The minimum absolute atomic E-state index is 0.141. The lowest BCUT2D eigenvalue weighted by Crippen LogP contribution is -2.14. The van der Waals surface area contributed by atoms with E-state index in [1.165, 1.54) is 12.1 Å². The molecule has 148 valence electrons. The monoisotopic (exact) mass is 417 g/mol. The zero-order valence-corrected chi connectivity index (χ0v) is 15.1. The highest BCUT2D eigenvalue weighted by atomic mass is 32.2. The van der Waals surface area contributed by atoms with Crippen molar-refractivity contribution in [3.63, 3.8) is 0 Å². The Kier molecular flexibility index (Phi) is 6.02. The second-order valence-corrected chi connectivity index (χ2v) is 7.01. The van der Waals surface area contributed by atoms with Crippen molar-refractivity contribution in [2.75, 3.05) is 5.32 Å². The topological polar surface area (TPSA) is 199 Å². The number of anilines is 1. The molecule has 13 heteroatoms. The lowest BCUT2D eigenvalue weighted by Gasteiger charge is -2.05. The summed E-state index contributed by atoms with van der Waals surface area (Å²) in [6.07, 6.45) is 0.913. The number of rotatable bonds is 6. The van der Waals surface area contributed by atoms with Crippen LogP contribution in [0.25, 0.3) is 6.08 Å². The largest absolute Gasteiger partial charge is 0.321 e. The number of hydrogen-bond acceptors (Lipinski definition) is 8. The maximum atomic E-state index is 12.3. The van der Waals surface area contributed by atoms with Crippen molar-refractivity contribution in [2.24, 2.45) is 5.14 Å². The van der Waals surface area contributed by atoms with Crippen molar-refractivity contribution in [1.29, 1.82) is 5.26 Å². The molecule has 0 saturated carbocycles. The molecule has 0 spiro atoms. The summed E-state index contributed by atoms with van der Waals surface area (Å²) in [5.74, 6) is -0.927. The van der Waals surface area contributed by atoms with Gasteiger partial charge in [-0.1, -0.05) is 0 Å². The number of nitrogens with zero attached hydrogens (tertiary/aromatic N) is 3. The Balaban J connectivity index is 2.34. The summed E-state index contributed by atoms with van der Waals surface area (Å²) in [7, 11) is -3.92. The van der Waals surface area contributed by atoms with E-state index in [0.29, 0.717) is 6.07 Å². The lowest BCUT2D eigenvalue weighted by atomic mass is 10.1. The van der Waals surface area contributed by atoms with E-state index in [1.54, 1.807) is 6.07 Å². The van der Waals surface area contributed by atoms with Gasteiger partial charge in [0.25, 0.3) is 17.3 Å². The maximum Gasteiger partial charge on any atom is 0.283 e. The molecule has 29 heavy (non-hydrogen) atoms. The third-order valence-corrected chi connectivity index (χ3v) is 4.46. The molecule has 12 nitrogen and oxygen atoms in total. The molecule has 2 rings (SSSR count). The molecule has 0 heterocycles. The molecule has 0 fully saturated rings. The van der Waals surface area contributed by atoms with Crippen LogP contribution in [-0.2, 0) is 14.8 Å². The first-order valence-corrected chi connectivity index (χ1v) is 9.06. The Labute approximate surface area is 163 Å². The van der Waals surface area contributed by atoms with E-state index in [0.717, 1.165) is 30.3 Å².